The fraction of sp³-hybridized carbons (Fsp3) is 0.0882. The number of hydrogen-bond donors (Lipinski definition) is 2. The van der Waals surface area contributed by atoms with Gasteiger partial charge in [0, 0.05) is 29.6 Å². The number of hydrogen-bond acceptors (Lipinski definition) is 7. The van der Waals surface area contributed by atoms with E-state index in [-0.39, 0.29) is 5.91 Å². The van der Waals surface area contributed by atoms with Crippen LogP contribution in [0.5, 0.6) is 0 Å². The predicted octanol–water partition coefficient (Wildman–Crippen LogP) is 5.76. The average molecular weight is 569 g/mol. The van der Waals surface area contributed by atoms with Crippen LogP contribution in [0.4, 0.5) is 5.82 Å². The quantitative estimate of drug-likeness (QED) is 0.235. The number of amides is 1. The second-order valence-corrected chi connectivity index (χ2v) is 9.98. The highest BCUT2D eigenvalue weighted by atomic mass is 16.5. The Morgan fingerprint density at radius 1 is 0.907 bits per heavy atom. The predicted molar refractivity (Wildman–Crippen MR) is 166 cm³/mol. The molecule has 6 rings (SSSR count). The molecule has 0 atom stereocenters. The number of imidazole rings is 1. The number of aromatic nitrogens is 4. The Morgan fingerprint density at radius 3 is 2.42 bits per heavy atom. The number of anilines is 1. The van der Waals surface area contributed by atoms with Crippen LogP contribution in [0.3, 0.4) is 0 Å². The van der Waals surface area contributed by atoms with Crippen molar-refractivity contribution >= 4 is 28.9 Å². The van der Waals surface area contributed by atoms with E-state index in [0.717, 1.165) is 28.0 Å². The number of carbonyl (C=O) groups excluding carboxylic acids is 2. The summed E-state index contributed by atoms with van der Waals surface area (Å²) >= 11 is 0. The lowest BCUT2D eigenvalue weighted by Crippen LogP contribution is -2.23. The molecule has 43 heavy (non-hydrogen) atoms. The van der Waals surface area contributed by atoms with Gasteiger partial charge >= 0.3 is 5.97 Å². The van der Waals surface area contributed by atoms with Gasteiger partial charge in [-0.15, -0.1) is 0 Å². The molecule has 0 fully saturated rings. The summed E-state index contributed by atoms with van der Waals surface area (Å²) in [6.07, 6.45) is 1.65. The molecule has 0 aliphatic carbocycles. The van der Waals surface area contributed by atoms with Crippen LogP contribution in [-0.2, 0) is 11.3 Å². The highest BCUT2D eigenvalue weighted by molar-refractivity contribution is 5.97. The van der Waals surface area contributed by atoms with Gasteiger partial charge < -0.3 is 15.8 Å². The number of pyridine rings is 2. The summed E-state index contributed by atoms with van der Waals surface area (Å²) in [4.78, 5) is 38.9. The van der Waals surface area contributed by atoms with Gasteiger partial charge in [-0.1, -0.05) is 42.5 Å². The molecule has 0 saturated carbocycles. The lowest BCUT2D eigenvalue weighted by molar-refractivity contribution is 0.0600. The maximum atomic E-state index is 12.9. The first-order valence-electron chi connectivity index (χ1n) is 13.6. The third-order valence-corrected chi connectivity index (χ3v) is 7.19. The molecule has 0 spiro atoms. The lowest BCUT2D eigenvalue weighted by atomic mass is 10.0. The van der Waals surface area contributed by atoms with Crippen molar-refractivity contribution in [3.63, 3.8) is 0 Å². The molecule has 0 aliphatic rings. The number of aryl methyl sites for hydroxylation is 1. The minimum atomic E-state index is -0.443. The maximum absolute atomic E-state index is 12.9. The molecule has 212 valence electrons. The molecule has 3 heterocycles. The Bertz CT molecular complexity index is 1970. The fourth-order valence-corrected chi connectivity index (χ4v) is 4.96. The molecular weight excluding hydrogens is 540 g/mol. The lowest BCUT2D eigenvalue weighted by Gasteiger charge is -2.12. The third kappa shape index (κ3) is 5.43. The monoisotopic (exact) mass is 568 g/mol. The number of nitrogens with zero attached hydrogens (tertiary/aromatic N) is 4. The first-order chi connectivity index (χ1) is 20.9. The van der Waals surface area contributed by atoms with Crippen LogP contribution in [-0.4, -0.2) is 38.5 Å². The van der Waals surface area contributed by atoms with Gasteiger partial charge in [0.15, 0.2) is 11.5 Å². The number of ether oxygens (including phenoxy) is 1. The number of nitrogens with two attached hydrogens (primary N) is 1. The van der Waals surface area contributed by atoms with Gasteiger partial charge in [-0.2, -0.15) is 0 Å². The molecule has 0 aliphatic heterocycles. The first-order valence-corrected chi connectivity index (χ1v) is 13.6. The number of nitrogens with one attached hydrogen (secondary N) is 1. The molecule has 9 nitrogen and oxygen atoms in total. The minimum absolute atomic E-state index is 0.231. The van der Waals surface area contributed by atoms with Crippen LogP contribution in [0, 0.1) is 6.92 Å². The van der Waals surface area contributed by atoms with Crippen molar-refractivity contribution < 1.29 is 14.3 Å². The number of rotatable bonds is 7. The van der Waals surface area contributed by atoms with Gasteiger partial charge in [-0.25, -0.2) is 19.7 Å². The van der Waals surface area contributed by atoms with Gasteiger partial charge in [-0.3, -0.25) is 9.36 Å². The number of fused-ring (bicyclic) bond motifs is 1. The summed E-state index contributed by atoms with van der Waals surface area (Å²) in [5.41, 5.74) is 13.5. The van der Waals surface area contributed by atoms with Crippen molar-refractivity contribution in [1.29, 1.82) is 0 Å². The molecule has 1 amide bonds. The molecule has 3 aromatic heterocycles. The Morgan fingerprint density at radius 2 is 1.70 bits per heavy atom. The SMILES string of the molecule is COC(=O)c1ccc(C(=O)NCc2ccc(-n3c(-c4cccnc4N)nc4ccc(-c5ccccc5)nc43)cc2)c(C)c1. The average Bonchev–Trinajstić information content (AvgIpc) is 3.42. The molecule has 9 heteroatoms. The van der Waals surface area contributed by atoms with Crippen LogP contribution < -0.4 is 11.1 Å². The Balaban J connectivity index is 1.31. The van der Waals surface area contributed by atoms with E-state index >= 15 is 0 Å². The topological polar surface area (TPSA) is 125 Å². The van der Waals surface area contributed by atoms with Gasteiger partial charge in [0.05, 0.1) is 23.9 Å². The van der Waals surface area contributed by atoms with Crippen molar-refractivity contribution in [2.45, 2.75) is 13.5 Å². The van der Waals surface area contributed by atoms with Gasteiger partial charge in [0.25, 0.3) is 5.91 Å². The zero-order valence-electron chi connectivity index (χ0n) is 23.6. The largest absolute Gasteiger partial charge is 0.465 e. The van der Waals surface area contributed by atoms with Crippen LogP contribution in [0.1, 0.15) is 31.8 Å². The highest BCUT2D eigenvalue weighted by Gasteiger charge is 2.19. The Labute approximate surface area is 248 Å². The molecule has 0 bridgehead atoms. The zero-order valence-corrected chi connectivity index (χ0v) is 23.6. The minimum Gasteiger partial charge on any atom is -0.465 e. The van der Waals surface area contributed by atoms with Crippen LogP contribution >= 0.6 is 0 Å². The normalized spacial score (nSPS) is 10.9. The number of benzene rings is 3. The maximum Gasteiger partial charge on any atom is 0.337 e. The third-order valence-electron chi connectivity index (χ3n) is 7.19. The Hall–Kier alpha value is -5.83. The molecule has 0 radical (unpaired) electrons. The summed E-state index contributed by atoms with van der Waals surface area (Å²) in [5, 5.41) is 2.96. The summed E-state index contributed by atoms with van der Waals surface area (Å²) in [6.45, 7) is 2.11. The van der Waals surface area contributed by atoms with E-state index in [1.807, 2.05) is 83.4 Å². The van der Waals surface area contributed by atoms with Crippen molar-refractivity contribution in [1.82, 2.24) is 24.8 Å². The number of carbonyl (C=O) groups is 2. The van der Waals surface area contributed by atoms with Crippen LogP contribution in [0.25, 0.3) is 39.5 Å². The van der Waals surface area contributed by atoms with E-state index in [4.69, 9.17) is 20.4 Å². The second kappa shape index (κ2) is 11.6. The highest BCUT2D eigenvalue weighted by Crippen LogP contribution is 2.31. The van der Waals surface area contributed by atoms with E-state index in [1.165, 1.54) is 7.11 Å². The molecule has 0 saturated heterocycles. The van der Waals surface area contributed by atoms with E-state index in [1.54, 1.807) is 31.3 Å². The molecular formula is C34H28N6O3. The van der Waals surface area contributed by atoms with Crippen LogP contribution in [0.15, 0.2) is 103 Å². The summed E-state index contributed by atoms with van der Waals surface area (Å²) in [7, 11) is 1.33. The smallest absolute Gasteiger partial charge is 0.337 e. The van der Waals surface area contributed by atoms with E-state index < -0.39 is 5.97 Å². The fourth-order valence-electron chi connectivity index (χ4n) is 4.96. The van der Waals surface area contributed by atoms with Crippen molar-refractivity contribution in [3.8, 4) is 28.3 Å². The zero-order chi connectivity index (χ0) is 29.9. The van der Waals surface area contributed by atoms with Gasteiger partial charge in [-0.05, 0) is 72.6 Å². The standard InChI is InChI=1S/C34H28N6O3/c1-21-19-24(34(42)43-2)12-15-26(21)33(41)37-20-22-10-13-25(14-11-22)40-31(27-9-6-18-36-30(27)35)39-29-17-16-28(38-32(29)40)23-7-4-3-5-8-23/h3-19H,20H2,1-2H3,(H2,35,36)(H,37,41). The van der Waals surface area contributed by atoms with Crippen molar-refractivity contribution in [2.75, 3.05) is 12.8 Å². The number of methoxy groups -OCH3 is 1. The molecule has 3 N–H and O–H groups in total. The first kappa shape index (κ1) is 27.3. The van der Waals surface area contributed by atoms with Crippen molar-refractivity contribution in [2.24, 2.45) is 0 Å². The summed E-state index contributed by atoms with van der Waals surface area (Å²) in [6, 6.07) is 30.3. The van der Waals surface area contributed by atoms with E-state index in [2.05, 4.69) is 10.3 Å². The second-order valence-electron chi connectivity index (χ2n) is 9.98. The molecule has 6 aromatic rings. The van der Waals surface area contributed by atoms with Gasteiger partial charge in [0.2, 0.25) is 0 Å². The molecule has 0 unspecified atom stereocenters. The van der Waals surface area contributed by atoms with E-state index in [0.29, 0.717) is 46.1 Å². The van der Waals surface area contributed by atoms with Crippen LogP contribution in [0.2, 0.25) is 0 Å². The van der Waals surface area contributed by atoms with E-state index in [9.17, 15) is 9.59 Å². The Kier molecular flexibility index (Phi) is 7.36. The number of nitrogen functional groups attached to an aromatic ring is 1. The van der Waals surface area contributed by atoms with Crippen molar-refractivity contribution in [3.05, 3.63) is 126 Å². The van der Waals surface area contributed by atoms with Gasteiger partial charge in [0.1, 0.15) is 11.3 Å². The molecule has 3 aromatic carbocycles. The number of esters is 1. The summed E-state index contributed by atoms with van der Waals surface area (Å²) in [5.74, 6) is 0.328. The summed E-state index contributed by atoms with van der Waals surface area (Å²) < 4.78 is 6.74.